The number of hydrogen-bond donors (Lipinski definition) is 2. The molecule has 1 heterocycles. The van der Waals surface area contributed by atoms with Crippen LogP contribution >= 0.6 is 11.8 Å². The molecular formula is C19H21N5O3S2. The van der Waals surface area contributed by atoms with Gasteiger partial charge in [-0.25, -0.2) is 8.42 Å². The zero-order valence-electron chi connectivity index (χ0n) is 16.0. The minimum absolute atomic E-state index is 0.177. The number of sulfonamides is 1. The lowest BCUT2D eigenvalue weighted by molar-refractivity contribution is -0.113. The highest BCUT2D eigenvalue weighted by Crippen LogP contribution is 2.20. The molecule has 1 amide bonds. The van der Waals surface area contributed by atoms with Crippen LogP contribution in [-0.2, 0) is 21.4 Å². The van der Waals surface area contributed by atoms with Crippen molar-refractivity contribution in [2.24, 2.45) is 0 Å². The lowest BCUT2D eigenvalue weighted by Crippen LogP contribution is -2.15. The molecule has 0 radical (unpaired) electrons. The van der Waals surface area contributed by atoms with Gasteiger partial charge >= 0.3 is 0 Å². The fourth-order valence-electron chi connectivity index (χ4n) is 2.58. The van der Waals surface area contributed by atoms with Crippen LogP contribution in [0.4, 0.5) is 11.4 Å². The maximum atomic E-state index is 12.3. The van der Waals surface area contributed by atoms with Crippen molar-refractivity contribution in [2.45, 2.75) is 18.6 Å². The quantitative estimate of drug-likeness (QED) is 0.531. The van der Waals surface area contributed by atoms with Crippen LogP contribution in [0.2, 0.25) is 0 Å². The normalized spacial score (nSPS) is 11.2. The smallest absolute Gasteiger partial charge is 0.234 e. The number of hydrogen-bond acceptors (Lipinski definition) is 6. The summed E-state index contributed by atoms with van der Waals surface area (Å²) in [6.07, 6.45) is 1.08. The van der Waals surface area contributed by atoms with Gasteiger partial charge in [-0.2, -0.15) is 0 Å². The molecule has 0 fully saturated rings. The Bertz CT molecular complexity index is 1080. The maximum Gasteiger partial charge on any atom is 0.234 e. The number of anilines is 2. The molecule has 0 unspecified atom stereocenters. The highest BCUT2D eigenvalue weighted by Gasteiger charge is 2.12. The third-order valence-electron chi connectivity index (χ3n) is 3.89. The van der Waals surface area contributed by atoms with Gasteiger partial charge in [0.25, 0.3) is 0 Å². The van der Waals surface area contributed by atoms with Crippen LogP contribution in [0.1, 0.15) is 11.4 Å². The fraction of sp³-hybridized carbons (Fsp3) is 0.211. The van der Waals surface area contributed by atoms with Gasteiger partial charge in [0, 0.05) is 11.4 Å². The minimum Gasteiger partial charge on any atom is -0.325 e. The second-order valence-electron chi connectivity index (χ2n) is 6.39. The molecule has 2 N–H and O–H groups in total. The summed E-state index contributed by atoms with van der Waals surface area (Å²) in [5.74, 6) is 0.771. The van der Waals surface area contributed by atoms with Crippen LogP contribution in [0.5, 0.6) is 0 Å². The molecule has 1 aromatic heterocycles. The number of aryl methyl sites for hydroxylation is 1. The maximum absolute atomic E-state index is 12.3. The van der Waals surface area contributed by atoms with Gasteiger partial charge in [0.1, 0.15) is 5.82 Å². The number of thioether (sulfide) groups is 1. The first-order valence-corrected chi connectivity index (χ1v) is 11.6. The number of amides is 1. The first kappa shape index (κ1) is 20.9. The molecule has 29 heavy (non-hydrogen) atoms. The largest absolute Gasteiger partial charge is 0.325 e. The van der Waals surface area contributed by atoms with Crippen molar-refractivity contribution < 1.29 is 13.2 Å². The number of nitrogens with one attached hydrogen (secondary N) is 2. The summed E-state index contributed by atoms with van der Waals surface area (Å²) >= 11 is 1.31. The zero-order chi connectivity index (χ0) is 20.9. The summed E-state index contributed by atoms with van der Waals surface area (Å²) in [7, 11) is -3.33. The minimum atomic E-state index is -3.33. The van der Waals surface area contributed by atoms with Gasteiger partial charge in [-0.3, -0.25) is 9.52 Å². The second kappa shape index (κ2) is 9.10. The van der Waals surface area contributed by atoms with E-state index in [0.717, 1.165) is 17.6 Å². The van der Waals surface area contributed by atoms with Gasteiger partial charge in [0.2, 0.25) is 15.9 Å². The Morgan fingerprint density at radius 1 is 1.03 bits per heavy atom. The highest BCUT2D eigenvalue weighted by atomic mass is 32.2. The molecule has 0 aliphatic rings. The first-order valence-electron chi connectivity index (χ1n) is 8.74. The van der Waals surface area contributed by atoms with E-state index in [1.807, 2.05) is 41.8 Å². The van der Waals surface area contributed by atoms with Gasteiger partial charge in [-0.05, 0) is 36.8 Å². The zero-order valence-corrected chi connectivity index (χ0v) is 17.6. The van der Waals surface area contributed by atoms with E-state index in [1.165, 1.54) is 11.8 Å². The fourth-order valence-corrected chi connectivity index (χ4v) is 3.93. The van der Waals surface area contributed by atoms with Gasteiger partial charge in [-0.1, -0.05) is 42.1 Å². The Morgan fingerprint density at radius 3 is 2.34 bits per heavy atom. The topological polar surface area (TPSA) is 106 Å². The monoisotopic (exact) mass is 431 g/mol. The van der Waals surface area contributed by atoms with Crippen LogP contribution < -0.4 is 10.0 Å². The summed E-state index contributed by atoms with van der Waals surface area (Å²) in [6.45, 7) is 2.52. The molecule has 0 aliphatic carbocycles. The summed E-state index contributed by atoms with van der Waals surface area (Å²) in [5.41, 5.74) is 2.14. The third-order valence-corrected chi connectivity index (χ3v) is 5.46. The number of carbonyl (C=O) groups excluding carboxylic acids is 1. The third kappa shape index (κ3) is 6.33. The summed E-state index contributed by atoms with van der Waals surface area (Å²) in [4.78, 5) is 12.3. The molecule has 0 saturated carbocycles. The molecule has 2 aromatic carbocycles. The molecule has 10 heteroatoms. The number of rotatable bonds is 8. The number of aromatic nitrogens is 3. The Morgan fingerprint density at radius 2 is 1.69 bits per heavy atom. The lowest BCUT2D eigenvalue weighted by Gasteiger charge is -2.09. The van der Waals surface area contributed by atoms with Crippen molar-refractivity contribution in [3.8, 4) is 0 Å². The molecule has 0 spiro atoms. The van der Waals surface area contributed by atoms with Crippen molar-refractivity contribution in [2.75, 3.05) is 22.0 Å². The van der Waals surface area contributed by atoms with E-state index in [0.29, 0.717) is 23.1 Å². The van der Waals surface area contributed by atoms with Crippen LogP contribution in [0.25, 0.3) is 0 Å². The van der Waals surface area contributed by atoms with Gasteiger partial charge in [0.15, 0.2) is 5.16 Å². The van der Waals surface area contributed by atoms with Crippen LogP contribution in [0.3, 0.4) is 0 Å². The molecule has 0 atom stereocenters. The predicted octanol–water partition coefficient (Wildman–Crippen LogP) is 2.74. The second-order valence-corrected chi connectivity index (χ2v) is 9.08. The van der Waals surface area contributed by atoms with Crippen LogP contribution in [-0.4, -0.2) is 41.1 Å². The van der Waals surface area contributed by atoms with E-state index in [4.69, 9.17) is 0 Å². The summed E-state index contributed by atoms with van der Waals surface area (Å²) < 4.78 is 26.8. The molecular weight excluding hydrogens is 410 g/mol. The average Bonchev–Trinajstić information content (AvgIpc) is 3.01. The van der Waals surface area contributed by atoms with Crippen LogP contribution in [0, 0.1) is 6.92 Å². The van der Waals surface area contributed by atoms with E-state index in [-0.39, 0.29) is 11.7 Å². The molecule has 0 saturated heterocycles. The van der Waals surface area contributed by atoms with Gasteiger partial charge < -0.3 is 9.88 Å². The number of carbonyl (C=O) groups is 1. The molecule has 152 valence electrons. The van der Waals surface area contributed by atoms with Crippen molar-refractivity contribution in [1.82, 2.24) is 14.8 Å². The first-order chi connectivity index (χ1) is 13.8. The van der Waals surface area contributed by atoms with E-state index < -0.39 is 10.0 Å². The van der Waals surface area contributed by atoms with E-state index in [1.54, 1.807) is 24.3 Å². The van der Waals surface area contributed by atoms with E-state index in [2.05, 4.69) is 20.2 Å². The predicted molar refractivity (Wildman–Crippen MR) is 115 cm³/mol. The molecule has 0 bridgehead atoms. The van der Waals surface area contributed by atoms with Gasteiger partial charge in [0.05, 0.1) is 18.6 Å². The number of nitrogens with zero attached hydrogens (tertiary/aromatic N) is 3. The van der Waals surface area contributed by atoms with Gasteiger partial charge in [-0.15, -0.1) is 10.2 Å². The van der Waals surface area contributed by atoms with E-state index in [9.17, 15) is 13.2 Å². The SMILES string of the molecule is Cc1nnc(SCC(=O)Nc2ccc(NS(C)(=O)=O)cc2)n1Cc1ccccc1. The van der Waals surface area contributed by atoms with Crippen LogP contribution in [0.15, 0.2) is 59.8 Å². The average molecular weight is 432 g/mol. The molecule has 3 aromatic rings. The Labute approximate surface area is 173 Å². The Balaban J connectivity index is 1.57. The summed E-state index contributed by atoms with van der Waals surface area (Å²) in [6, 6.07) is 16.4. The molecule has 0 aliphatic heterocycles. The standard InChI is InChI=1S/C19H21N5O3S2/c1-14-21-22-19(24(14)12-15-6-4-3-5-7-15)28-13-18(25)20-16-8-10-17(11-9-16)23-29(2,26)27/h3-11,23H,12-13H2,1-2H3,(H,20,25). The van der Waals surface area contributed by atoms with Crippen molar-refractivity contribution in [3.63, 3.8) is 0 Å². The number of benzene rings is 2. The lowest BCUT2D eigenvalue weighted by atomic mass is 10.2. The van der Waals surface area contributed by atoms with Crippen molar-refractivity contribution in [1.29, 1.82) is 0 Å². The highest BCUT2D eigenvalue weighted by molar-refractivity contribution is 7.99. The van der Waals surface area contributed by atoms with E-state index >= 15 is 0 Å². The summed E-state index contributed by atoms with van der Waals surface area (Å²) in [5, 5.41) is 11.7. The molecule has 3 rings (SSSR count). The Hall–Kier alpha value is -2.85. The molecule has 8 nitrogen and oxygen atoms in total. The Kier molecular flexibility index (Phi) is 6.55. The van der Waals surface area contributed by atoms with Crippen molar-refractivity contribution in [3.05, 3.63) is 66.0 Å². The van der Waals surface area contributed by atoms with Crippen molar-refractivity contribution >= 4 is 39.1 Å².